The number of nitrogens with zero attached hydrogens (tertiary/aromatic N) is 2. The summed E-state index contributed by atoms with van der Waals surface area (Å²) < 4.78 is 28.9. The topological polar surface area (TPSA) is 86.8 Å². The highest BCUT2D eigenvalue weighted by Gasteiger charge is 2.33. The Labute approximate surface area is 243 Å². The number of benzene rings is 3. The summed E-state index contributed by atoms with van der Waals surface area (Å²) in [7, 11) is -4.10. The van der Waals surface area contributed by atoms with Gasteiger partial charge in [-0.3, -0.25) is 13.9 Å². The molecule has 2 amide bonds. The van der Waals surface area contributed by atoms with Crippen molar-refractivity contribution in [2.45, 2.75) is 58.5 Å². The Bertz CT molecular complexity index is 1390. The number of aryl methyl sites for hydroxylation is 2. The van der Waals surface area contributed by atoms with Crippen molar-refractivity contribution >= 4 is 39.1 Å². The van der Waals surface area contributed by atoms with E-state index in [4.69, 9.17) is 11.6 Å². The predicted molar refractivity (Wildman–Crippen MR) is 161 cm³/mol. The maximum atomic E-state index is 14.1. The van der Waals surface area contributed by atoms with Crippen LogP contribution in [0, 0.1) is 19.8 Å². The van der Waals surface area contributed by atoms with Crippen LogP contribution in [0.3, 0.4) is 0 Å². The standard InChI is InChI=1S/C31H38ClN3O4S/c1-6-29(31(37)33-19-22(2)3)34(20-25-11-13-26(32)14-12-25)30(36)21-35(27-15-7-23(4)8-16-27)40(38,39)28-17-9-24(5)10-18-28/h7-18,22,29H,6,19-21H2,1-5H3,(H,33,37)/t29-/m1/s1. The number of hydrogen-bond acceptors (Lipinski definition) is 4. The van der Waals surface area contributed by atoms with Crippen LogP contribution in [0.25, 0.3) is 0 Å². The van der Waals surface area contributed by atoms with Crippen molar-refractivity contribution < 1.29 is 18.0 Å². The zero-order chi connectivity index (χ0) is 29.4. The highest BCUT2D eigenvalue weighted by Crippen LogP contribution is 2.26. The molecule has 0 aliphatic carbocycles. The number of amides is 2. The molecular formula is C31H38ClN3O4S. The minimum absolute atomic E-state index is 0.0810. The molecule has 0 aliphatic heterocycles. The molecule has 0 saturated carbocycles. The largest absolute Gasteiger partial charge is 0.354 e. The van der Waals surface area contributed by atoms with E-state index in [2.05, 4.69) is 5.32 Å². The molecule has 7 nitrogen and oxygen atoms in total. The smallest absolute Gasteiger partial charge is 0.264 e. The molecule has 0 radical (unpaired) electrons. The van der Waals surface area contributed by atoms with Crippen LogP contribution in [0.15, 0.2) is 77.7 Å². The summed E-state index contributed by atoms with van der Waals surface area (Å²) in [5, 5.41) is 3.48. The fraction of sp³-hybridized carbons (Fsp3) is 0.355. The third-order valence-electron chi connectivity index (χ3n) is 6.55. The molecule has 1 atom stereocenters. The molecular weight excluding hydrogens is 546 g/mol. The van der Waals surface area contributed by atoms with Gasteiger partial charge in [-0.25, -0.2) is 8.42 Å². The van der Waals surface area contributed by atoms with Crippen LogP contribution in [0.1, 0.15) is 43.9 Å². The molecule has 3 rings (SSSR count). The van der Waals surface area contributed by atoms with Gasteiger partial charge < -0.3 is 10.2 Å². The Kier molecular flexibility index (Phi) is 10.8. The summed E-state index contributed by atoms with van der Waals surface area (Å²) in [6.45, 7) is 9.72. The van der Waals surface area contributed by atoms with Crippen molar-refractivity contribution in [1.82, 2.24) is 10.2 Å². The van der Waals surface area contributed by atoms with Crippen molar-refractivity contribution in [3.8, 4) is 0 Å². The molecule has 0 saturated heterocycles. The highest BCUT2D eigenvalue weighted by molar-refractivity contribution is 7.92. The zero-order valence-electron chi connectivity index (χ0n) is 23.7. The molecule has 0 aromatic heterocycles. The first-order valence-corrected chi connectivity index (χ1v) is 15.2. The molecule has 0 unspecified atom stereocenters. The summed E-state index contributed by atoms with van der Waals surface area (Å²) in [5.74, 6) is -0.530. The fourth-order valence-electron chi connectivity index (χ4n) is 4.21. The summed E-state index contributed by atoms with van der Waals surface area (Å²) >= 11 is 6.07. The van der Waals surface area contributed by atoms with Gasteiger partial charge in [-0.2, -0.15) is 0 Å². The van der Waals surface area contributed by atoms with E-state index in [0.717, 1.165) is 21.0 Å². The first-order valence-electron chi connectivity index (χ1n) is 13.4. The average molecular weight is 584 g/mol. The lowest BCUT2D eigenvalue weighted by Gasteiger charge is -2.33. The van der Waals surface area contributed by atoms with Gasteiger partial charge >= 0.3 is 0 Å². The first kappa shape index (κ1) is 31.2. The lowest BCUT2D eigenvalue weighted by atomic mass is 10.1. The summed E-state index contributed by atoms with van der Waals surface area (Å²) in [4.78, 5) is 28.9. The number of rotatable bonds is 12. The van der Waals surface area contributed by atoms with Crippen molar-refractivity contribution in [2.24, 2.45) is 5.92 Å². The molecule has 3 aromatic rings. The first-order chi connectivity index (χ1) is 18.9. The van der Waals surface area contributed by atoms with Crippen molar-refractivity contribution in [2.75, 3.05) is 17.4 Å². The third-order valence-corrected chi connectivity index (χ3v) is 8.59. The van der Waals surface area contributed by atoms with E-state index in [-0.39, 0.29) is 23.3 Å². The van der Waals surface area contributed by atoms with Crippen molar-refractivity contribution in [3.05, 3.63) is 94.5 Å². The van der Waals surface area contributed by atoms with Crippen LogP contribution in [0.2, 0.25) is 5.02 Å². The summed E-state index contributed by atoms with van der Waals surface area (Å²) in [6.07, 6.45) is 0.360. The number of halogens is 1. The van der Waals surface area contributed by atoms with Crippen LogP contribution in [0.5, 0.6) is 0 Å². The fourth-order valence-corrected chi connectivity index (χ4v) is 5.75. The second-order valence-corrected chi connectivity index (χ2v) is 12.7. The Morgan fingerprint density at radius 3 is 1.95 bits per heavy atom. The molecule has 3 aromatic carbocycles. The molecule has 40 heavy (non-hydrogen) atoms. The van der Waals surface area contributed by atoms with Gasteiger partial charge in [0.2, 0.25) is 11.8 Å². The average Bonchev–Trinajstić information content (AvgIpc) is 2.92. The molecule has 9 heteroatoms. The molecule has 214 valence electrons. The second-order valence-electron chi connectivity index (χ2n) is 10.4. The Hall–Kier alpha value is -3.36. The van der Waals surface area contributed by atoms with Gasteiger partial charge in [-0.1, -0.05) is 79.9 Å². The van der Waals surface area contributed by atoms with Crippen LogP contribution < -0.4 is 9.62 Å². The Morgan fingerprint density at radius 1 is 0.875 bits per heavy atom. The van der Waals surface area contributed by atoms with E-state index in [9.17, 15) is 18.0 Å². The monoisotopic (exact) mass is 583 g/mol. The SMILES string of the molecule is CC[C@H](C(=O)NCC(C)C)N(Cc1ccc(Cl)cc1)C(=O)CN(c1ccc(C)cc1)S(=O)(=O)c1ccc(C)cc1. The maximum Gasteiger partial charge on any atom is 0.264 e. The summed E-state index contributed by atoms with van der Waals surface area (Å²) in [6, 6.07) is 19.7. The normalized spacial score (nSPS) is 12.2. The van der Waals surface area contributed by atoms with Gasteiger partial charge in [0.25, 0.3) is 10.0 Å². The molecule has 0 heterocycles. The van der Waals surface area contributed by atoms with Crippen LogP contribution in [-0.4, -0.2) is 44.3 Å². The van der Waals surface area contributed by atoms with E-state index in [1.807, 2.05) is 34.6 Å². The quantitative estimate of drug-likeness (QED) is 0.295. The van der Waals surface area contributed by atoms with E-state index < -0.39 is 28.5 Å². The summed E-state index contributed by atoms with van der Waals surface area (Å²) in [5.41, 5.74) is 3.02. The Morgan fingerprint density at radius 2 is 1.43 bits per heavy atom. The number of anilines is 1. The lowest BCUT2D eigenvalue weighted by molar-refractivity contribution is -0.140. The van der Waals surface area contributed by atoms with Crippen LogP contribution in [-0.2, 0) is 26.2 Å². The van der Waals surface area contributed by atoms with Gasteiger partial charge in [-0.15, -0.1) is 0 Å². The predicted octanol–water partition coefficient (Wildman–Crippen LogP) is 5.73. The van der Waals surface area contributed by atoms with Crippen LogP contribution >= 0.6 is 11.6 Å². The number of hydrogen-bond donors (Lipinski definition) is 1. The number of carbonyl (C=O) groups excluding carboxylic acids is 2. The van der Waals surface area contributed by atoms with Gasteiger partial charge in [0.1, 0.15) is 12.6 Å². The molecule has 0 spiro atoms. The number of nitrogens with one attached hydrogen (secondary N) is 1. The van der Waals surface area contributed by atoms with Gasteiger partial charge in [-0.05, 0) is 68.1 Å². The minimum atomic E-state index is -4.10. The minimum Gasteiger partial charge on any atom is -0.354 e. The number of sulfonamides is 1. The Balaban J connectivity index is 2.03. The lowest BCUT2D eigenvalue weighted by Crippen LogP contribution is -2.52. The van der Waals surface area contributed by atoms with E-state index >= 15 is 0 Å². The van der Waals surface area contributed by atoms with E-state index in [1.54, 1.807) is 60.7 Å². The van der Waals surface area contributed by atoms with Crippen molar-refractivity contribution in [1.29, 1.82) is 0 Å². The van der Waals surface area contributed by atoms with E-state index in [0.29, 0.717) is 23.7 Å². The molecule has 1 N–H and O–H groups in total. The highest BCUT2D eigenvalue weighted by atomic mass is 35.5. The maximum absolute atomic E-state index is 14.1. The molecule has 0 bridgehead atoms. The third kappa shape index (κ3) is 8.08. The van der Waals surface area contributed by atoms with Gasteiger partial charge in [0.05, 0.1) is 10.6 Å². The van der Waals surface area contributed by atoms with Gasteiger partial charge in [0.15, 0.2) is 0 Å². The zero-order valence-corrected chi connectivity index (χ0v) is 25.3. The van der Waals surface area contributed by atoms with Crippen LogP contribution in [0.4, 0.5) is 5.69 Å². The second kappa shape index (κ2) is 13.8. The molecule has 0 aliphatic rings. The molecule has 0 fully saturated rings. The van der Waals surface area contributed by atoms with E-state index in [1.165, 1.54) is 17.0 Å². The number of carbonyl (C=O) groups is 2. The van der Waals surface area contributed by atoms with Gasteiger partial charge in [0, 0.05) is 18.1 Å². The van der Waals surface area contributed by atoms with Crippen molar-refractivity contribution in [3.63, 3.8) is 0 Å².